The van der Waals surface area contributed by atoms with E-state index in [-0.39, 0.29) is 30.6 Å². The molecule has 24 heavy (non-hydrogen) atoms. The van der Waals surface area contributed by atoms with Crippen molar-refractivity contribution in [3.8, 4) is 5.75 Å². The van der Waals surface area contributed by atoms with E-state index in [1.807, 2.05) is 17.0 Å². The van der Waals surface area contributed by atoms with Gasteiger partial charge >= 0.3 is 0 Å². The lowest BCUT2D eigenvalue weighted by Crippen LogP contribution is -2.56. The molecule has 0 aromatic heterocycles. The molecule has 6 nitrogen and oxygen atoms in total. The van der Waals surface area contributed by atoms with Crippen LogP contribution in [0, 0.1) is 5.92 Å². The van der Waals surface area contributed by atoms with Gasteiger partial charge < -0.3 is 20.3 Å². The van der Waals surface area contributed by atoms with E-state index in [0.29, 0.717) is 17.4 Å². The quantitative estimate of drug-likeness (QED) is 0.816. The van der Waals surface area contributed by atoms with Crippen LogP contribution in [0.4, 0.5) is 5.69 Å². The number of carbonyl (C=O) groups is 2. The van der Waals surface area contributed by atoms with Crippen LogP contribution in [0.25, 0.3) is 0 Å². The fourth-order valence-corrected chi connectivity index (χ4v) is 2.84. The SMILES string of the molecule is COc1cccc(NC(=O)CC2NCCN(CC3CC3)C2=O)c1.Cl. The monoisotopic (exact) mass is 353 g/mol. The van der Waals surface area contributed by atoms with Gasteiger partial charge in [-0.25, -0.2) is 0 Å². The number of benzene rings is 1. The molecule has 1 saturated carbocycles. The number of rotatable bonds is 6. The van der Waals surface area contributed by atoms with E-state index in [1.54, 1.807) is 19.2 Å². The molecular formula is C17H24ClN3O3. The Morgan fingerprint density at radius 1 is 1.42 bits per heavy atom. The van der Waals surface area contributed by atoms with Crippen LogP contribution in [0.5, 0.6) is 5.75 Å². The fourth-order valence-electron chi connectivity index (χ4n) is 2.84. The van der Waals surface area contributed by atoms with Crippen molar-refractivity contribution in [1.82, 2.24) is 10.2 Å². The van der Waals surface area contributed by atoms with E-state index in [4.69, 9.17) is 4.74 Å². The number of piperazine rings is 1. The third-order valence-corrected chi connectivity index (χ3v) is 4.30. The van der Waals surface area contributed by atoms with Crippen LogP contribution in [0.15, 0.2) is 24.3 Å². The summed E-state index contributed by atoms with van der Waals surface area (Å²) in [5, 5.41) is 5.98. The zero-order chi connectivity index (χ0) is 16.2. The summed E-state index contributed by atoms with van der Waals surface area (Å²) >= 11 is 0. The smallest absolute Gasteiger partial charge is 0.240 e. The molecule has 132 valence electrons. The van der Waals surface area contributed by atoms with Gasteiger partial charge in [0.25, 0.3) is 0 Å². The normalized spacial score (nSPS) is 20.3. The Labute approximate surface area is 148 Å². The molecule has 1 heterocycles. The summed E-state index contributed by atoms with van der Waals surface area (Å²) in [6.07, 6.45) is 2.59. The summed E-state index contributed by atoms with van der Waals surface area (Å²) in [4.78, 5) is 26.5. The van der Waals surface area contributed by atoms with Crippen molar-refractivity contribution in [2.75, 3.05) is 32.1 Å². The highest BCUT2D eigenvalue weighted by molar-refractivity contribution is 5.95. The Balaban J connectivity index is 0.00000208. The van der Waals surface area contributed by atoms with Crippen molar-refractivity contribution >= 4 is 29.9 Å². The Bertz CT molecular complexity index is 592. The van der Waals surface area contributed by atoms with Gasteiger partial charge in [0.1, 0.15) is 5.75 Å². The minimum atomic E-state index is -0.423. The molecule has 1 aromatic rings. The number of hydrogen-bond donors (Lipinski definition) is 2. The second-order valence-corrected chi connectivity index (χ2v) is 6.22. The third kappa shape index (κ3) is 4.85. The number of methoxy groups -OCH3 is 1. The molecule has 1 aliphatic heterocycles. The third-order valence-electron chi connectivity index (χ3n) is 4.30. The first-order valence-corrected chi connectivity index (χ1v) is 8.12. The van der Waals surface area contributed by atoms with Crippen molar-refractivity contribution in [2.24, 2.45) is 5.92 Å². The number of carbonyl (C=O) groups excluding carboxylic acids is 2. The summed E-state index contributed by atoms with van der Waals surface area (Å²) in [7, 11) is 1.58. The Morgan fingerprint density at radius 3 is 2.92 bits per heavy atom. The van der Waals surface area contributed by atoms with E-state index in [0.717, 1.165) is 19.6 Å². The second kappa shape index (κ2) is 8.35. The van der Waals surface area contributed by atoms with Gasteiger partial charge in [0.2, 0.25) is 11.8 Å². The maximum Gasteiger partial charge on any atom is 0.240 e. The van der Waals surface area contributed by atoms with Gasteiger partial charge in [0.15, 0.2) is 0 Å². The molecule has 7 heteroatoms. The van der Waals surface area contributed by atoms with Gasteiger partial charge in [-0.2, -0.15) is 0 Å². The summed E-state index contributed by atoms with van der Waals surface area (Å²) in [6.45, 7) is 2.33. The molecule has 2 amide bonds. The first-order chi connectivity index (χ1) is 11.2. The van der Waals surface area contributed by atoms with Crippen LogP contribution in [0.3, 0.4) is 0 Å². The zero-order valence-electron chi connectivity index (χ0n) is 13.8. The van der Waals surface area contributed by atoms with Crippen molar-refractivity contribution in [3.05, 3.63) is 24.3 Å². The molecule has 1 atom stereocenters. The molecule has 2 N–H and O–H groups in total. The fraction of sp³-hybridized carbons (Fsp3) is 0.529. The summed E-state index contributed by atoms with van der Waals surface area (Å²) in [5.41, 5.74) is 0.674. The molecular weight excluding hydrogens is 330 g/mol. The number of amides is 2. The summed E-state index contributed by atoms with van der Waals surface area (Å²) in [5.74, 6) is 1.23. The number of anilines is 1. The Morgan fingerprint density at radius 2 is 2.21 bits per heavy atom. The van der Waals surface area contributed by atoms with Crippen LogP contribution in [-0.4, -0.2) is 49.5 Å². The van der Waals surface area contributed by atoms with Crippen LogP contribution in [-0.2, 0) is 9.59 Å². The number of ether oxygens (including phenoxy) is 1. The number of nitrogens with one attached hydrogen (secondary N) is 2. The van der Waals surface area contributed by atoms with E-state index in [1.165, 1.54) is 12.8 Å². The van der Waals surface area contributed by atoms with Crippen LogP contribution in [0.2, 0.25) is 0 Å². The summed E-state index contributed by atoms with van der Waals surface area (Å²) < 4.78 is 5.14. The molecule has 2 fully saturated rings. The topological polar surface area (TPSA) is 70.7 Å². The van der Waals surface area contributed by atoms with Crippen molar-refractivity contribution in [2.45, 2.75) is 25.3 Å². The van der Waals surface area contributed by atoms with Gasteiger partial charge in [0.05, 0.1) is 19.6 Å². The molecule has 1 unspecified atom stereocenters. The van der Waals surface area contributed by atoms with Crippen molar-refractivity contribution in [1.29, 1.82) is 0 Å². The molecule has 0 radical (unpaired) electrons. The van der Waals surface area contributed by atoms with Gasteiger partial charge in [-0.05, 0) is 30.9 Å². The number of halogens is 1. The molecule has 2 aliphatic rings. The number of hydrogen-bond acceptors (Lipinski definition) is 4. The maximum absolute atomic E-state index is 12.4. The zero-order valence-corrected chi connectivity index (χ0v) is 14.6. The van der Waals surface area contributed by atoms with Gasteiger partial charge in [-0.1, -0.05) is 6.07 Å². The van der Waals surface area contributed by atoms with Gasteiger partial charge in [-0.3, -0.25) is 9.59 Å². The summed E-state index contributed by atoms with van der Waals surface area (Å²) in [6, 6.07) is 6.77. The predicted octanol–water partition coefficient (Wildman–Crippen LogP) is 1.66. The van der Waals surface area contributed by atoms with Gasteiger partial charge in [-0.15, -0.1) is 12.4 Å². The van der Waals surface area contributed by atoms with Crippen LogP contribution >= 0.6 is 12.4 Å². The predicted molar refractivity (Wildman–Crippen MR) is 94.6 cm³/mol. The van der Waals surface area contributed by atoms with Crippen molar-refractivity contribution < 1.29 is 14.3 Å². The highest BCUT2D eigenvalue weighted by Crippen LogP contribution is 2.30. The lowest BCUT2D eigenvalue weighted by atomic mass is 10.1. The number of nitrogens with zero attached hydrogens (tertiary/aromatic N) is 1. The van der Waals surface area contributed by atoms with E-state index in [9.17, 15) is 9.59 Å². The second-order valence-electron chi connectivity index (χ2n) is 6.22. The van der Waals surface area contributed by atoms with Crippen LogP contribution < -0.4 is 15.4 Å². The van der Waals surface area contributed by atoms with Crippen molar-refractivity contribution in [3.63, 3.8) is 0 Å². The van der Waals surface area contributed by atoms with E-state index in [2.05, 4.69) is 10.6 Å². The molecule has 3 rings (SSSR count). The average molecular weight is 354 g/mol. The van der Waals surface area contributed by atoms with E-state index < -0.39 is 6.04 Å². The Kier molecular flexibility index (Phi) is 6.45. The lowest BCUT2D eigenvalue weighted by molar-refractivity contribution is -0.137. The highest BCUT2D eigenvalue weighted by Gasteiger charge is 2.33. The molecule has 0 bridgehead atoms. The van der Waals surface area contributed by atoms with Crippen LogP contribution in [0.1, 0.15) is 19.3 Å². The molecule has 0 spiro atoms. The van der Waals surface area contributed by atoms with Gasteiger partial charge in [0, 0.05) is 31.4 Å². The highest BCUT2D eigenvalue weighted by atomic mass is 35.5. The largest absolute Gasteiger partial charge is 0.497 e. The molecule has 1 aliphatic carbocycles. The lowest BCUT2D eigenvalue weighted by Gasteiger charge is -2.33. The maximum atomic E-state index is 12.4. The standard InChI is InChI=1S/C17H23N3O3.ClH/c1-23-14-4-2-3-13(9-14)19-16(21)10-15-17(22)20(8-7-18-15)11-12-5-6-12;/h2-4,9,12,15,18H,5-8,10-11H2,1H3,(H,19,21);1H. The first kappa shape index (κ1) is 18.5. The average Bonchev–Trinajstić information content (AvgIpc) is 3.35. The Hall–Kier alpha value is -1.79. The minimum Gasteiger partial charge on any atom is -0.497 e. The molecule has 1 aromatic carbocycles. The van der Waals surface area contributed by atoms with E-state index >= 15 is 0 Å². The first-order valence-electron chi connectivity index (χ1n) is 8.12. The minimum absolute atomic E-state index is 0. The molecule has 1 saturated heterocycles.